The minimum absolute atomic E-state index is 0.00726. The fourth-order valence-corrected chi connectivity index (χ4v) is 8.45. The molecule has 0 N–H and O–H groups in total. The number of ether oxygens (including phenoxy) is 2. The monoisotopic (exact) mass is 616 g/mol. The van der Waals surface area contributed by atoms with E-state index in [9.17, 15) is 19.2 Å². The predicted molar refractivity (Wildman–Crippen MR) is 154 cm³/mol. The van der Waals surface area contributed by atoms with Crippen molar-refractivity contribution in [3.63, 3.8) is 0 Å². The molecule has 2 aromatic carbocycles. The smallest absolute Gasteiger partial charge is 0.325 e. The van der Waals surface area contributed by atoms with Crippen LogP contribution in [0.1, 0.15) is 54.1 Å². The number of carbonyl (C=O) groups is 4. The number of carbonyl (C=O) groups excluding carboxylic acids is 4. The van der Waals surface area contributed by atoms with Gasteiger partial charge in [-0.1, -0.05) is 35.4 Å². The molecule has 2 rings (SSSR count). The van der Waals surface area contributed by atoms with Gasteiger partial charge in [0, 0.05) is 11.1 Å². The van der Waals surface area contributed by atoms with E-state index in [1.165, 1.54) is 0 Å². The Morgan fingerprint density at radius 2 is 1.03 bits per heavy atom. The summed E-state index contributed by atoms with van der Waals surface area (Å²) < 4.78 is 25.3. The molecule has 0 bridgehead atoms. The Bertz CT molecular complexity index is 1220. The van der Waals surface area contributed by atoms with E-state index in [1.54, 1.807) is 52.0 Å². The second-order valence-electron chi connectivity index (χ2n) is 9.38. The summed E-state index contributed by atoms with van der Waals surface area (Å²) in [5.41, 5.74) is -0.866. The second-order valence-corrected chi connectivity index (χ2v) is 13.3. The molecule has 0 heterocycles. The van der Waals surface area contributed by atoms with Crippen LogP contribution in [0.3, 0.4) is 0 Å². The summed E-state index contributed by atoms with van der Waals surface area (Å²) in [5, 5.41) is -1.99. The number of alkyl halides is 3. The minimum atomic E-state index is -5.09. The van der Waals surface area contributed by atoms with Crippen molar-refractivity contribution in [2.75, 3.05) is 25.0 Å². The van der Waals surface area contributed by atoms with E-state index in [0.29, 0.717) is 22.3 Å². The van der Waals surface area contributed by atoms with Crippen LogP contribution in [-0.2, 0) is 23.6 Å². The quantitative estimate of drug-likeness (QED) is 0.154. The number of rotatable bonds is 12. The summed E-state index contributed by atoms with van der Waals surface area (Å²) in [6, 6.07) is 6.80. The molecule has 11 heteroatoms. The fourth-order valence-electron chi connectivity index (χ4n) is 4.74. The van der Waals surface area contributed by atoms with E-state index in [1.807, 2.05) is 13.8 Å². The van der Waals surface area contributed by atoms with Crippen LogP contribution in [0.4, 0.5) is 0 Å². The Morgan fingerprint density at radius 1 is 0.692 bits per heavy atom. The van der Waals surface area contributed by atoms with E-state index in [4.69, 9.17) is 44.3 Å². The van der Waals surface area contributed by atoms with Crippen molar-refractivity contribution in [1.82, 2.24) is 0 Å². The summed E-state index contributed by atoms with van der Waals surface area (Å²) in [5.74, 6) is -2.63. The standard InChI is InChI=1S/C28H32Cl3O7P/c1-15-11-17(3)21(18(4)12-15)27(34)39(36,28(35)22-19(5)13-16(2)14-20(22)6)24(26(33)38-10-8-30)23(31)25(32)37-9-7-29/h11-14,23-24H,7-10H2,1-6H3. The highest BCUT2D eigenvalue weighted by Crippen LogP contribution is 2.59. The Morgan fingerprint density at radius 3 is 1.36 bits per heavy atom. The highest BCUT2D eigenvalue weighted by molar-refractivity contribution is 7.96. The van der Waals surface area contributed by atoms with Crippen LogP contribution in [0, 0.1) is 41.5 Å². The first-order valence-electron chi connectivity index (χ1n) is 12.2. The highest BCUT2D eigenvalue weighted by Gasteiger charge is 2.57. The molecule has 0 saturated carbocycles. The first-order chi connectivity index (χ1) is 18.2. The molecule has 0 spiro atoms. The van der Waals surface area contributed by atoms with E-state index < -0.39 is 41.2 Å². The molecular weight excluding hydrogens is 586 g/mol. The number of halogens is 3. The average molecular weight is 618 g/mol. The topological polar surface area (TPSA) is 104 Å². The van der Waals surface area contributed by atoms with Crippen molar-refractivity contribution < 1.29 is 33.2 Å². The fraction of sp³-hybridized carbons (Fsp3) is 0.429. The van der Waals surface area contributed by atoms with Gasteiger partial charge in [0.2, 0.25) is 18.2 Å². The lowest BCUT2D eigenvalue weighted by Gasteiger charge is -2.28. The SMILES string of the molecule is Cc1cc(C)c(C(=O)P(=O)(C(=O)c2c(C)cc(C)cc2C)C(C(=O)OCCCl)C(Cl)C(=O)OCCCl)c(C)c1. The van der Waals surface area contributed by atoms with Crippen LogP contribution in [0.15, 0.2) is 24.3 Å². The molecule has 2 atom stereocenters. The molecular formula is C28H32Cl3O7P. The van der Waals surface area contributed by atoms with Gasteiger partial charge in [0.15, 0.2) is 11.0 Å². The normalized spacial score (nSPS) is 12.9. The summed E-state index contributed by atoms with van der Waals surface area (Å²) in [6.45, 7) is 9.61. The third-order valence-corrected chi connectivity index (χ3v) is 10.0. The summed E-state index contributed by atoms with van der Waals surface area (Å²) in [4.78, 5) is 54.9. The van der Waals surface area contributed by atoms with Gasteiger partial charge >= 0.3 is 11.9 Å². The molecule has 0 radical (unpaired) electrons. The highest BCUT2D eigenvalue weighted by atomic mass is 35.5. The van der Waals surface area contributed by atoms with E-state index >= 15 is 4.57 Å². The van der Waals surface area contributed by atoms with Gasteiger partial charge in [0.1, 0.15) is 13.2 Å². The molecule has 0 aliphatic carbocycles. The van der Waals surface area contributed by atoms with Crippen LogP contribution in [0.25, 0.3) is 0 Å². The van der Waals surface area contributed by atoms with E-state index in [0.717, 1.165) is 11.1 Å². The number of hydrogen-bond acceptors (Lipinski definition) is 7. The molecule has 0 fully saturated rings. The number of benzene rings is 2. The Balaban J connectivity index is 2.95. The number of hydrogen-bond donors (Lipinski definition) is 0. The Kier molecular flexibility index (Phi) is 11.8. The molecule has 0 aliphatic rings. The maximum atomic E-state index is 15.2. The lowest BCUT2D eigenvalue weighted by Crippen LogP contribution is -2.42. The largest absolute Gasteiger partial charge is 0.464 e. The van der Waals surface area contributed by atoms with Crippen molar-refractivity contribution in [3.05, 3.63) is 68.8 Å². The van der Waals surface area contributed by atoms with Crippen molar-refractivity contribution >= 4 is 64.9 Å². The van der Waals surface area contributed by atoms with Gasteiger partial charge in [-0.25, -0.2) is 0 Å². The Labute approximate surface area is 243 Å². The average Bonchev–Trinajstić information content (AvgIpc) is 2.84. The van der Waals surface area contributed by atoms with Crippen LogP contribution >= 0.6 is 41.9 Å². The van der Waals surface area contributed by atoms with Crippen LogP contribution in [0.5, 0.6) is 0 Å². The van der Waals surface area contributed by atoms with Gasteiger partial charge in [0.25, 0.3) is 0 Å². The van der Waals surface area contributed by atoms with E-state index in [-0.39, 0.29) is 36.1 Å². The second kappa shape index (κ2) is 13.9. The maximum absolute atomic E-state index is 15.2. The summed E-state index contributed by atoms with van der Waals surface area (Å²) in [7, 11) is -5.09. The van der Waals surface area contributed by atoms with Crippen LogP contribution in [-0.4, -0.2) is 59.0 Å². The molecule has 0 aromatic heterocycles. The number of aryl methyl sites for hydroxylation is 6. The van der Waals surface area contributed by atoms with Gasteiger partial charge in [-0.15, -0.1) is 34.8 Å². The Hall–Kier alpha value is -2.18. The molecule has 0 aliphatic heterocycles. The van der Waals surface area contributed by atoms with E-state index in [2.05, 4.69) is 0 Å². The molecule has 0 amide bonds. The molecule has 7 nitrogen and oxygen atoms in total. The van der Waals surface area contributed by atoms with Crippen LogP contribution in [0.2, 0.25) is 0 Å². The molecule has 0 saturated heterocycles. The van der Waals surface area contributed by atoms with Crippen LogP contribution < -0.4 is 0 Å². The maximum Gasteiger partial charge on any atom is 0.325 e. The summed E-state index contributed by atoms with van der Waals surface area (Å²) in [6.07, 6.45) is 0. The van der Waals surface area contributed by atoms with Gasteiger partial charge in [-0.05, 0) is 63.8 Å². The van der Waals surface area contributed by atoms with Gasteiger partial charge in [-0.2, -0.15) is 0 Å². The zero-order chi connectivity index (χ0) is 29.7. The lowest BCUT2D eigenvalue weighted by molar-refractivity contribution is -0.148. The van der Waals surface area contributed by atoms with Gasteiger partial charge in [0.05, 0.1) is 11.8 Å². The lowest BCUT2D eigenvalue weighted by atomic mass is 10.0. The number of esters is 2. The summed E-state index contributed by atoms with van der Waals surface area (Å²) >= 11 is 17.7. The van der Waals surface area contributed by atoms with Crippen molar-refractivity contribution in [2.45, 2.75) is 52.6 Å². The first-order valence-corrected chi connectivity index (χ1v) is 15.4. The van der Waals surface area contributed by atoms with Gasteiger partial charge < -0.3 is 14.0 Å². The first kappa shape index (κ1) is 33.0. The molecule has 2 unspecified atom stereocenters. The molecule has 39 heavy (non-hydrogen) atoms. The minimum Gasteiger partial charge on any atom is -0.464 e. The van der Waals surface area contributed by atoms with Gasteiger partial charge in [-0.3, -0.25) is 19.2 Å². The third-order valence-electron chi connectivity index (χ3n) is 6.16. The predicted octanol–water partition coefficient (Wildman–Crippen LogP) is 6.42. The molecule has 2 aromatic rings. The van der Waals surface area contributed by atoms with Crippen molar-refractivity contribution in [2.24, 2.45) is 0 Å². The molecule has 212 valence electrons. The van der Waals surface area contributed by atoms with Crippen molar-refractivity contribution in [3.8, 4) is 0 Å². The zero-order valence-corrected chi connectivity index (χ0v) is 25.9. The third kappa shape index (κ3) is 7.13. The zero-order valence-electron chi connectivity index (χ0n) is 22.7. The van der Waals surface area contributed by atoms with Crippen molar-refractivity contribution in [1.29, 1.82) is 0 Å².